The van der Waals surface area contributed by atoms with Crippen molar-refractivity contribution in [3.63, 3.8) is 0 Å². The lowest BCUT2D eigenvalue weighted by Crippen LogP contribution is -2.42. The Kier molecular flexibility index (Phi) is 5.66. The van der Waals surface area contributed by atoms with Gasteiger partial charge < -0.3 is 10.8 Å². The number of benzene rings is 1. The molecule has 0 spiro atoms. The van der Waals surface area contributed by atoms with Crippen LogP contribution in [0, 0.1) is 0 Å². The number of nitrogens with two attached hydrogens (primary N) is 1. The highest BCUT2D eigenvalue weighted by molar-refractivity contribution is 5.73. The highest BCUT2D eigenvalue weighted by Crippen LogP contribution is 2.10. The number of hydrogen-bond acceptors (Lipinski definition) is 3. The molecular weight excluding hydrogens is 216 g/mol. The lowest BCUT2D eigenvalue weighted by molar-refractivity contribution is -0.143. The standard InChI is InChI=1S/C13H20N2O2/c1-2-12(13(16)17)15(9-8-14)10-11-6-4-3-5-7-11/h3-7,12H,2,8-10,14H2,1H3,(H,16,17). The van der Waals surface area contributed by atoms with E-state index < -0.39 is 12.0 Å². The summed E-state index contributed by atoms with van der Waals surface area (Å²) in [6.07, 6.45) is 0.585. The second-order valence-electron chi connectivity index (χ2n) is 4.01. The van der Waals surface area contributed by atoms with Crippen molar-refractivity contribution in [2.24, 2.45) is 5.73 Å². The molecule has 1 unspecified atom stereocenters. The summed E-state index contributed by atoms with van der Waals surface area (Å²) >= 11 is 0. The van der Waals surface area contributed by atoms with E-state index in [9.17, 15) is 4.79 Å². The smallest absolute Gasteiger partial charge is 0.320 e. The molecule has 1 aromatic rings. The lowest BCUT2D eigenvalue weighted by atomic mass is 10.1. The molecule has 1 rings (SSSR count). The van der Waals surface area contributed by atoms with E-state index >= 15 is 0 Å². The predicted molar refractivity (Wildman–Crippen MR) is 67.6 cm³/mol. The maximum atomic E-state index is 11.2. The Morgan fingerprint density at radius 3 is 2.53 bits per heavy atom. The first-order valence-corrected chi connectivity index (χ1v) is 5.89. The van der Waals surface area contributed by atoms with Crippen molar-refractivity contribution in [2.75, 3.05) is 13.1 Å². The summed E-state index contributed by atoms with van der Waals surface area (Å²) in [6, 6.07) is 9.40. The van der Waals surface area contributed by atoms with E-state index in [0.29, 0.717) is 26.1 Å². The Morgan fingerprint density at radius 2 is 2.06 bits per heavy atom. The Balaban J connectivity index is 2.75. The summed E-state index contributed by atoms with van der Waals surface area (Å²) in [6.45, 7) is 3.58. The van der Waals surface area contributed by atoms with Gasteiger partial charge in [0.1, 0.15) is 6.04 Å². The summed E-state index contributed by atoms with van der Waals surface area (Å²) in [5.74, 6) is -0.781. The molecule has 1 aromatic carbocycles. The fraction of sp³-hybridized carbons (Fsp3) is 0.462. The van der Waals surface area contributed by atoms with Gasteiger partial charge in [-0.15, -0.1) is 0 Å². The number of aliphatic carboxylic acids is 1. The van der Waals surface area contributed by atoms with Gasteiger partial charge in [0.2, 0.25) is 0 Å². The number of carboxylic acid groups (broad SMARTS) is 1. The molecule has 0 aliphatic heterocycles. The van der Waals surface area contributed by atoms with Gasteiger partial charge in [-0.05, 0) is 12.0 Å². The van der Waals surface area contributed by atoms with Crippen LogP contribution in [0.5, 0.6) is 0 Å². The Hall–Kier alpha value is -1.39. The largest absolute Gasteiger partial charge is 0.480 e. The molecule has 0 aliphatic rings. The normalized spacial score (nSPS) is 12.6. The lowest BCUT2D eigenvalue weighted by Gasteiger charge is -2.27. The van der Waals surface area contributed by atoms with E-state index in [1.807, 2.05) is 42.2 Å². The number of carbonyl (C=O) groups is 1. The summed E-state index contributed by atoms with van der Waals surface area (Å²) < 4.78 is 0. The van der Waals surface area contributed by atoms with E-state index in [4.69, 9.17) is 10.8 Å². The van der Waals surface area contributed by atoms with Crippen molar-refractivity contribution >= 4 is 5.97 Å². The van der Waals surface area contributed by atoms with E-state index in [1.165, 1.54) is 0 Å². The highest BCUT2D eigenvalue weighted by Gasteiger charge is 2.22. The van der Waals surface area contributed by atoms with Crippen molar-refractivity contribution in [1.29, 1.82) is 0 Å². The molecule has 94 valence electrons. The molecule has 1 atom stereocenters. The van der Waals surface area contributed by atoms with Crippen LogP contribution < -0.4 is 5.73 Å². The summed E-state index contributed by atoms with van der Waals surface area (Å²) in [5, 5.41) is 9.17. The minimum absolute atomic E-state index is 0.459. The number of nitrogens with zero attached hydrogens (tertiary/aromatic N) is 1. The van der Waals surface area contributed by atoms with Crippen molar-refractivity contribution in [3.8, 4) is 0 Å². The van der Waals surface area contributed by atoms with Crippen LogP contribution in [0.3, 0.4) is 0 Å². The first-order valence-electron chi connectivity index (χ1n) is 5.89. The molecule has 4 heteroatoms. The fourth-order valence-electron chi connectivity index (χ4n) is 1.92. The first kappa shape index (κ1) is 13.7. The number of rotatable bonds is 7. The highest BCUT2D eigenvalue weighted by atomic mass is 16.4. The van der Waals surface area contributed by atoms with Gasteiger partial charge in [-0.3, -0.25) is 9.69 Å². The van der Waals surface area contributed by atoms with Gasteiger partial charge >= 0.3 is 5.97 Å². The minimum Gasteiger partial charge on any atom is -0.480 e. The average molecular weight is 236 g/mol. The second-order valence-corrected chi connectivity index (χ2v) is 4.01. The zero-order chi connectivity index (χ0) is 12.7. The molecule has 4 nitrogen and oxygen atoms in total. The Labute approximate surface area is 102 Å². The molecule has 3 N–H and O–H groups in total. The van der Waals surface area contributed by atoms with Gasteiger partial charge in [0, 0.05) is 19.6 Å². The third-order valence-corrected chi connectivity index (χ3v) is 2.76. The van der Waals surface area contributed by atoms with Gasteiger partial charge in [-0.2, -0.15) is 0 Å². The summed E-state index contributed by atoms with van der Waals surface area (Å²) in [4.78, 5) is 13.1. The van der Waals surface area contributed by atoms with Crippen LogP contribution in [0.4, 0.5) is 0 Å². The van der Waals surface area contributed by atoms with Gasteiger partial charge in [-0.25, -0.2) is 0 Å². The molecule has 0 saturated carbocycles. The van der Waals surface area contributed by atoms with Gasteiger partial charge in [0.05, 0.1) is 0 Å². The third kappa shape index (κ3) is 4.17. The Bertz CT molecular complexity index is 341. The molecule has 0 aromatic heterocycles. The van der Waals surface area contributed by atoms with Crippen molar-refractivity contribution < 1.29 is 9.90 Å². The van der Waals surface area contributed by atoms with Gasteiger partial charge in [-0.1, -0.05) is 37.3 Å². The molecule has 17 heavy (non-hydrogen) atoms. The minimum atomic E-state index is -0.781. The van der Waals surface area contributed by atoms with E-state index in [0.717, 1.165) is 5.56 Å². The van der Waals surface area contributed by atoms with Crippen LogP contribution in [0.25, 0.3) is 0 Å². The van der Waals surface area contributed by atoms with Crippen LogP contribution in [-0.2, 0) is 11.3 Å². The maximum Gasteiger partial charge on any atom is 0.320 e. The van der Waals surface area contributed by atoms with Crippen molar-refractivity contribution in [1.82, 2.24) is 4.90 Å². The molecular formula is C13H20N2O2. The number of carboxylic acids is 1. The molecule has 0 heterocycles. The zero-order valence-corrected chi connectivity index (χ0v) is 10.2. The molecule has 0 fully saturated rings. The average Bonchev–Trinajstić information content (AvgIpc) is 2.31. The second kappa shape index (κ2) is 7.04. The van der Waals surface area contributed by atoms with Crippen molar-refractivity contribution in [3.05, 3.63) is 35.9 Å². The van der Waals surface area contributed by atoms with E-state index in [-0.39, 0.29) is 0 Å². The topological polar surface area (TPSA) is 66.6 Å². The molecule has 0 bridgehead atoms. The zero-order valence-electron chi connectivity index (χ0n) is 10.2. The maximum absolute atomic E-state index is 11.2. The van der Waals surface area contributed by atoms with Gasteiger partial charge in [0.15, 0.2) is 0 Å². The third-order valence-electron chi connectivity index (χ3n) is 2.76. The molecule has 0 radical (unpaired) electrons. The number of hydrogen-bond donors (Lipinski definition) is 2. The first-order chi connectivity index (χ1) is 8.19. The van der Waals surface area contributed by atoms with E-state index in [2.05, 4.69) is 0 Å². The van der Waals surface area contributed by atoms with Gasteiger partial charge in [0.25, 0.3) is 0 Å². The predicted octanol–water partition coefficient (Wildman–Crippen LogP) is 1.31. The molecule has 0 aliphatic carbocycles. The Morgan fingerprint density at radius 1 is 1.41 bits per heavy atom. The van der Waals surface area contributed by atoms with Crippen molar-refractivity contribution in [2.45, 2.75) is 25.9 Å². The summed E-state index contributed by atoms with van der Waals surface area (Å²) in [5.41, 5.74) is 6.65. The van der Waals surface area contributed by atoms with Crippen LogP contribution in [0.15, 0.2) is 30.3 Å². The molecule has 0 amide bonds. The summed E-state index contributed by atoms with van der Waals surface area (Å²) in [7, 11) is 0. The SMILES string of the molecule is CCC(C(=O)O)N(CCN)Cc1ccccc1. The van der Waals surface area contributed by atoms with Crippen LogP contribution in [0.1, 0.15) is 18.9 Å². The monoisotopic (exact) mass is 236 g/mol. The van der Waals surface area contributed by atoms with E-state index in [1.54, 1.807) is 0 Å². The fourth-order valence-corrected chi connectivity index (χ4v) is 1.92. The van der Waals surface area contributed by atoms with Crippen LogP contribution >= 0.6 is 0 Å². The van der Waals surface area contributed by atoms with Crippen LogP contribution in [-0.4, -0.2) is 35.1 Å². The molecule has 0 saturated heterocycles. The quantitative estimate of drug-likeness (QED) is 0.749. The van der Waals surface area contributed by atoms with Crippen LogP contribution in [0.2, 0.25) is 0 Å².